The normalized spacial score (nSPS) is 10.6. The molecule has 9 heteroatoms. The summed E-state index contributed by atoms with van der Waals surface area (Å²) < 4.78 is 2.03. The second kappa shape index (κ2) is 10.0. The second-order valence-corrected chi connectivity index (χ2v) is 7.85. The van der Waals surface area contributed by atoms with Gasteiger partial charge in [-0.2, -0.15) is 0 Å². The van der Waals surface area contributed by atoms with Crippen LogP contribution in [0.5, 0.6) is 0 Å². The highest BCUT2D eigenvalue weighted by molar-refractivity contribution is 7.99. The number of benzene rings is 1. The average molecular weight is 416 g/mol. The number of thiophene rings is 1. The van der Waals surface area contributed by atoms with Gasteiger partial charge in [0.15, 0.2) is 11.0 Å². The molecule has 3 rings (SSSR count). The Morgan fingerprint density at radius 1 is 1.14 bits per heavy atom. The Bertz CT molecular complexity index is 910. The Balaban J connectivity index is 1.43. The highest BCUT2D eigenvalue weighted by atomic mass is 32.2. The standard InChI is InChI=1S/C19H21N5O2S2/c1-2-24-17(15-9-6-11-27-15)22-23-19(24)28-12-10-16(25)21-18(26)20-13-14-7-4-3-5-8-14/h3-9,11H,2,10,12-13H2,1H3,(H2,20,21,25,26). The summed E-state index contributed by atoms with van der Waals surface area (Å²) >= 11 is 3.07. The van der Waals surface area contributed by atoms with Gasteiger partial charge in [0.2, 0.25) is 5.91 Å². The van der Waals surface area contributed by atoms with Crippen LogP contribution in [0.1, 0.15) is 18.9 Å². The Labute approximate surface area is 171 Å². The van der Waals surface area contributed by atoms with Gasteiger partial charge >= 0.3 is 6.03 Å². The number of nitrogens with one attached hydrogen (secondary N) is 2. The summed E-state index contributed by atoms with van der Waals surface area (Å²) in [5.74, 6) is 1.03. The lowest BCUT2D eigenvalue weighted by Gasteiger charge is -2.07. The van der Waals surface area contributed by atoms with Gasteiger partial charge in [-0.05, 0) is 23.9 Å². The van der Waals surface area contributed by atoms with Crippen molar-refractivity contribution in [1.29, 1.82) is 0 Å². The van der Waals surface area contributed by atoms with Gasteiger partial charge in [0.25, 0.3) is 0 Å². The molecule has 146 valence electrons. The van der Waals surface area contributed by atoms with Crippen LogP contribution in [0.15, 0.2) is 53.0 Å². The number of amides is 3. The van der Waals surface area contributed by atoms with E-state index in [1.54, 1.807) is 11.3 Å². The lowest BCUT2D eigenvalue weighted by Crippen LogP contribution is -2.39. The number of carbonyl (C=O) groups excluding carboxylic acids is 2. The third-order valence-electron chi connectivity index (χ3n) is 3.88. The molecule has 0 aliphatic rings. The smallest absolute Gasteiger partial charge is 0.321 e. The molecule has 0 spiro atoms. The van der Waals surface area contributed by atoms with Gasteiger partial charge in [-0.1, -0.05) is 48.2 Å². The fourth-order valence-electron chi connectivity index (χ4n) is 2.52. The molecule has 0 aliphatic heterocycles. The molecule has 28 heavy (non-hydrogen) atoms. The summed E-state index contributed by atoms with van der Waals surface area (Å²) in [7, 11) is 0. The molecule has 0 bridgehead atoms. The van der Waals surface area contributed by atoms with Gasteiger partial charge in [0.1, 0.15) is 0 Å². The van der Waals surface area contributed by atoms with E-state index < -0.39 is 6.03 Å². The third-order valence-corrected chi connectivity index (χ3v) is 5.72. The van der Waals surface area contributed by atoms with Crippen LogP contribution in [0.25, 0.3) is 10.7 Å². The minimum absolute atomic E-state index is 0.217. The number of rotatable bonds is 8. The number of nitrogens with zero attached hydrogens (tertiary/aromatic N) is 3. The predicted octanol–water partition coefficient (Wildman–Crippen LogP) is 3.53. The van der Waals surface area contributed by atoms with E-state index in [4.69, 9.17) is 0 Å². The van der Waals surface area contributed by atoms with Crippen molar-refractivity contribution < 1.29 is 9.59 Å². The maximum absolute atomic E-state index is 12.0. The summed E-state index contributed by atoms with van der Waals surface area (Å²) in [6, 6.07) is 13.0. The zero-order valence-corrected chi connectivity index (χ0v) is 17.1. The van der Waals surface area contributed by atoms with Crippen LogP contribution in [0, 0.1) is 0 Å². The Hall–Kier alpha value is -2.65. The van der Waals surface area contributed by atoms with Gasteiger partial charge in [-0.25, -0.2) is 4.79 Å². The van der Waals surface area contributed by atoms with Crippen molar-refractivity contribution in [3.63, 3.8) is 0 Å². The van der Waals surface area contributed by atoms with Crippen LogP contribution in [-0.4, -0.2) is 32.5 Å². The van der Waals surface area contributed by atoms with Crippen LogP contribution in [-0.2, 0) is 17.9 Å². The largest absolute Gasteiger partial charge is 0.334 e. The zero-order valence-electron chi connectivity index (χ0n) is 15.4. The molecule has 0 aliphatic carbocycles. The lowest BCUT2D eigenvalue weighted by atomic mass is 10.2. The average Bonchev–Trinajstić information content (AvgIpc) is 3.36. The molecule has 1 aromatic carbocycles. The maximum Gasteiger partial charge on any atom is 0.321 e. The van der Waals surface area contributed by atoms with Crippen molar-refractivity contribution in [2.45, 2.75) is 31.6 Å². The molecular weight excluding hydrogens is 394 g/mol. The highest BCUT2D eigenvalue weighted by Crippen LogP contribution is 2.27. The molecule has 0 atom stereocenters. The van der Waals surface area contributed by atoms with Crippen LogP contribution in [0.3, 0.4) is 0 Å². The number of aromatic nitrogens is 3. The highest BCUT2D eigenvalue weighted by Gasteiger charge is 2.14. The number of urea groups is 1. The minimum Gasteiger partial charge on any atom is -0.334 e. The molecule has 3 aromatic rings. The van der Waals surface area contributed by atoms with E-state index in [2.05, 4.69) is 20.8 Å². The van der Waals surface area contributed by atoms with Gasteiger partial charge in [0, 0.05) is 25.3 Å². The number of imide groups is 1. The molecule has 0 unspecified atom stereocenters. The van der Waals surface area contributed by atoms with Crippen LogP contribution in [0.2, 0.25) is 0 Å². The number of thioether (sulfide) groups is 1. The quantitative estimate of drug-likeness (QED) is 0.550. The number of hydrogen-bond acceptors (Lipinski definition) is 6. The first-order valence-corrected chi connectivity index (χ1v) is 10.8. The molecular formula is C19H21N5O2S2. The van der Waals surface area contributed by atoms with Crippen LogP contribution >= 0.6 is 23.1 Å². The molecule has 7 nitrogen and oxygen atoms in total. The van der Waals surface area contributed by atoms with Crippen molar-refractivity contribution >= 4 is 35.0 Å². The fraction of sp³-hybridized carbons (Fsp3) is 0.263. The van der Waals surface area contributed by atoms with Crippen molar-refractivity contribution in [2.24, 2.45) is 0 Å². The molecule has 0 radical (unpaired) electrons. The van der Waals surface area contributed by atoms with Gasteiger partial charge in [-0.15, -0.1) is 21.5 Å². The monoisotopic (exact) mass is 415 g/mol. The van der Waals surface area contributed by atoms with E-state index in [9.17, 15) is 9.59 Å². The van der Waals surface area contributed by atoms with Crippen molar-refractivity contribution in [2.75, 3.05) is 5.75 Å². The maximum atomic E-state index is 12.0. The predicted molar refractivity (Wildman–Crippen MR) is 111 cm³/mol. The molecule has 3 amide bonds. The molecule has 0 saturated heterocycles. The zero-order chi connectivity index (χ0) is 19.8. The van der Waals surface area contributed by atoms with Gasteiger partial charge in [-0.3, -0.25) is 10.1 Å². The minimum atomic E-state index is -0.490. The topological polar surface area (TPSA) is 88.9 Å². The lowest BCUT2D eigenvalue weighted by molar-refractivity contribution is -0.119. The van der Waals surface area contributed by atoms with Crippen LogP contribution in [0.4, 0.5) is 4.79 Å². The van der Waals surface area contributed by atoms with Crippen molar-refractivity contribution in [1.82, 2.24) is 25.4 Å². The van der Waals surface area contributed by atoms with E-state index in [1.807, 2.05) is 59.3 Å². The first kappa shape index (κ1) is 20.1. The van der Waals surface area contributed by atoms with E-state index >= 15 is 0 Å². The number of carbonyl (C=O) groups is 2. The van der Waals surface area contributed by atoms with E-state index in [1.165, 1.54) is 11.8 Å². The molecule has 2 aromatic heterocycles. The number of hydrogen-bond donors (Lipinski definition) is 2. The SMILES string of the molecule is CCn1c(SCCC(=O)NC(=O)NCc2ccccc2)nnc1-c1cccs1. The summed E-state index contributed by atoms with van der Waals surface area (Å²) in [6.07, 6.45) is 0.217. The van der Waals surface area contributed by atoms with E-state index in [0.717, 1.165) is 28.0 Å². The summed E-state index contributed by atoms with van der Waals surface area (Å²) in [5, 5.41) is 16.3. The first-order chi connectivity index (χ1) is 13.7. The van der Waals surface area contributed by atoms with Gasteiger partial charge in [0.05, 0.1) is 4.88 Å². The van der Waals surface area contributed by atoms with Crippen LogP contribution < -0.4 is 10.6 Å². The fourth-order valence-corrected chi connectivity index (χ4v) is 4.17. The summed E-state index contributed by atoms with van der Waals surface area (Å²) in [6.45, 7) is 3.16. The Morgan fingerprint density at radius 2 is 1.96 bits per heavy atom. The summed E-state index contributed by atoms with van der Waals surface area (Å²) in [4.78, 5) is 24.9. The van der Waals surface area contributed by atoms with E-state index in [-0.39, 0.29) is 12.3 Å². The molecule has 2 heterocycles. The van der Waals surface area contributed by atoms with Gasteiger partial charge < -0.3 is 9.88 Å². The molecule has 0 fully saturated rings. The third kappa shape index (κ3) is 5.43. The molecule has 0 saturated carbocycles. The Morgan fingerprint density at radius 3 is 2.68 bits per heavy atom. The second-order valence-electron chi connectivity index (χ2n) is 5.84. The Kier molecular flexibility index (Phi) is 7.21. The first-order valence-electron chi connectivity index (χ1n) is 8.89. The van der Waals surface area contributed by atoms with E-state index in [0.29, 0.717) is 12.3 Å². The van der Waals surface area contributed by atoms with Crippen molar-refractivity contribution in [3.05, 3.63) is 53.4 Å². The molecule has 2 N–H and O–H groups in total. The summed E-state index contributed by atoms with van der Waals surface area (Å²) in [5.41, 5.74) is 0.973. The van der Waals surface area contributed by atoms with Crippen molar-refractivity contribution in [3.8, 4) is 10.7 Å².